The summed E-state index contributed by atoms with van der Waals surface area (Å²) >= 11 is 0. The predicted molar refractivity (Wildman–Crippen MR) is 113 cm³/mol. The summed E-state index contributed by atoms with van der Waals surface area (Å²) in [6.07, 6.45) is 2.97. The maximum absolute atomic E-state index is 12.1. The molecule has 0 saturated carbocycles. The summed E-state index contributed by atoms with van der Waals surface area (Å²) in [5, 5.41) is 13.7. The highest BCUT2D eigenvalue weighted by molar-refractivity contribution is 6.03. The first-order valence-electron chi connectivity index (χ1n) is 9.02. The third-order valence-electron chi connectivity index (χ3n) is 4.16. The van der Waals surface area contributed by atoms with Crippen LogP contribution in [0.5, 0.6) is 5.75 Å². The van der Waals surface area contributed by atoms with Crippen LogP contribution in [0.3, 0.4) is 0 Å². The fourth-order valence-electron chi connectivity index (χ4n) is 2.66. The largest absolute Gasteiger partial charge is 0.489 e. The number of nitro benzene ring substituents is 1. The zero-order chi connectivity index (χ0) is 20.6. The molecule has 0 atom stereocenters. The van der Waals surface area contributed by atoms with E-state index in [-0.39, 0.29) is 11.4 Å². The molecule has 3 aromatic rings. The predicted octanol–water partition coefficient (Wildman–Crippen LogP) is 5.13. The van der Waals surface area contributed by atoms with E-state index in [2.05, 4.69) is 5.32 Å². The Kier molecular flexibility index (Phi) is 6.37. The molecule has 1 amide bonds. The number of nitrogens with one attached hydrogen (secondary N) is 1. The molecule has 29 heavy (non-hydrogen) atoms. The summed E-state index contributed by atoms with van der Waals surface area (Å²) in [6.45, 7) is 2.24. The van der Waals surface area contributed by atoms with E-state index in [0.717, 1.165) is 22.4 Å². The Balaban J connectivity index is 1.58. The fraction of sp³-hybridized carbons (Fsp3) is 0.0870. The molecule has 0 fully saturated rings. The lowest BCUT2D eigenvalue weighted by Gasteiger charge is -2.06. The smallest absolute Gasteiger partial charge is 0.293 e. The number of hydrogen-bond donors (Lipinski definition) is 1. The molecule has 0 bridgehead atoms. The van der Waals surface area contributed by atoms with Crippen molar-refractivity contribution in [2.75, 3.05) is 5.32 Å². The molecular weight excluding hydrogens is 368 g/mol. The first kappa shape index (κ1) is 19.8. The Morgan fingerprint density at radius 2 is 1.79 bits per heavy atom. The van der Waals surface area contributed by atoms with E-state index in [9.17, 15) is 14.9 Å². The zero-order valence-corrected chi connectivity index (χ0v) is 15.9. The van der Waals surface area contributed by atoms with Crippen LogP contribution in [0.1, 0.15) is 16.7 Å². The molecule has 0 radical (unpaired) electrons. The molecular formula is C23H20N2O4. The maximum Gasteiger partial charge on any atom is 0.293 e. The highest BCUT2D eigenvalue weighted by Crippen LogP contribution is 2.25. The van der Waals surface area contributed by atoms with Gasteiger partial charge in [0.15, 0.2) is 0 Å². The van der Waals surface area contributed by atoms with E-state index in [1.165, 1.54) is 18.2 Å². The Bertz CT molecular complexity index is 1030. The van der Waals surface area contributed by atoms with Crippen LogP contribution < -0.4 is 10.1 Å². The second-order valence-corrected chi connectivity index (χ2v) is 6.44. The number of anilines is 1. The number of rotatable bonds is 7. The van der Waals surface area contributed by atoms with E-state index in [4.69, 9.17) is 4.74 Å². The molecule has 3 rings (SSSR count). The average molecular weight is 388 g/mol. The van der Waals surface area contributed by atoms with E-state index < -0.39 is 10.8 Å². The molecule has 1 N–H and O–H groups in total. The number of nitro groups is 1. The minimum Gasteiger partial charge on any atom is -0.489 e. The molecule has 6 heteroatoms. The van der Waals surface area contributed by atoms with Gasteiger partial charge in [-0.3, -0.25) is 14.9 Å². The number of aryl methyl sites for hydroxylation is 1. The second kappa shape index (κ2) is 9.32. The monoisotopic (exact) mass is 388 g/mol. The normalized spacial score (nSPS) is 10.7. The summed E-state index contributed by atoms with van der Waals surface area (Å²) in [6, 6.07) is 21.8. The molecule has 0 aliphatic rings. The quantitative estimate of drug-likeness (QED) is 0.345. The number of ether oxygens (including phenoxy) is 1. The topological polar surface area (TPSA) is 81.5 Å². The van der Waals surface area contributed by atoms with Crippen molar-refractivity contribution >= 4 is 23.4 Å². The number of hydrogen-bond acceptors (Lipinski definition) is 4. The van der Waals surface area contributed by atoms with Crippen molar-refractivity contribution in [2.45, 2.75) is 13.5 Å². The highest BCUT2D eigenvalue weighted by Gasteiger charge is 2.14. The summed E-state index contributed by atoms with van der Waals surface area (Å²) in [7, 11) is 0. The number of benzene rings is 3. The van der Waals surface area contributed by atoms with Crippen molar-refractivity contribution in [2.24, 2.45) is 0 Å². The first-order valence-corrected chi connectivity index (χ1v) is 9.02. The van der Waals surface area contributed by atoms with Gasteiger partial charge in [0.05, 0.1) is 4.92 Å². The Morgan fingerprint density at radius 1 is 1.07 bits per heavy atom. The molecule has 0 aromatic heterocycles. The molecule has 0 saturated heterocycles. The van der Waals surface area contributed by atoms with Crippen molar-refractivity contribution in [3.05, 3.63) is 106 Å². The molecule has 0 spiro atoms. The van der Waals surface area contributed by atoms with Gasteiger partial charge < -0.3 is 10.1 Å². The van der Waals surface area contributed by atoms with Crippen LogP contribution in [0.4, 0.5) is 11.4 Å². The van der Waals surface area contributed by atoms with Gasteiger partial charge in [0.1, 0.15) is 18.0 Å². The third-order valence-corrected chi connectivity index (χ3v) is 4.16. The zero-order valence-electron chi connectivity index (χ0n) is 15.9. The Hall–Kier alpha value is -3.93. The lowest BCUT2D eigenvalue weighted by molar-refractivity contribution is -0.384. The summed E-state index contributed by atoms with van der Waals surface area (Å²) in [5.41, 5.74) is 2.68. The van der Waals surface area contributed by atoms with Gasteiger partial charge in [-0.15, -0.1) is 0 Å². The van der Waals surface area contributed by atoms with Crippen LogP contribution in [-0.2, 0) is 11.4 Å². The number of amides is 1. The van der Waals surface area contributed by atoms with Crippen LogP contribution in [0.25, 0.3) is 6.08 Å². The molecule has 0 aliphatic carbocycles. The number of nitrogens with zero attached hydrogens (tertiary/aromatic N) is 1. The Labute approximate surface area is 168 Å². The van der Waals surface area contributed by atoms with Gasteiger partial charge in [0.25, 0.3) is 5.69 Å². The minimum absolute atomic E-state index is 0.133. The first-order chi connectivity index (χ1) is 14.0. The minimum atomic E-state index is -0.513. The maximum atomic E-state index is 12.1. The van der Waals surface area contributed by atoms with Crippen molar-refractivity contribution in [1.82, 2.24) is 0 Å². The van der Waals surface area contributed by atoms with Gasteiger partial charge in [0.2, 0.25) is 5.91 Å². The van der Waals surface area contributed by atoms with Gasteiger partial charge in [-0.25, -0.2) is 0 Å². The van der Waals surface area contributed by atoms with E-state index in [1.807, 2.05) is 54.6 Å². The Morgan fingerprint density at radius 3 is 2.48 bits per heavy atom. The van der Waals surface area contributed by atoms with Crippen LogP contribution in [-0.4, -0.2) is 10.8 Å². The van der Waals surface area contributed by atoms with Crippen LogP contribution >= 0.6 is 0 Å². The van der Waals surface area contributed by atoms with Crippen molar-refractivity contribution in [1.29, 1.82) is 0 Å². The molecule has 6 nitrogen and oxygen atoms in total. The molecule has 0 heterocycles. The highest BCUT2D eigenvalue weighted by atomic mass is 16.6. The van der Waals surface area contributed by atoms with Gasteiger partial charge in [-0.1, -0.05) is 48.5 Å². The molecule has 3 aromatic carbocycles. The molecule has 146 valence electrons. The number of carbonyl (C=O) groups excluding carboxylic acids is 1. The van der Waals surface area contributed by atoms with Crippen LogP contribution in [0.2, 0.25) is 0 Å². The number of carbonyl (C=O) groups is 1. The summed E-state index contributed by atoms with van der Waals surface area (Å²) in [4.78, 5) is 22.7. The standard InChI is InChI=1S/C23H20N2O4/c1-17-7-13-21(22(15-17)25(27)28)24-23(26)14-10-18-8-11-20(12-9-18)29-16-19-5-3-2-4-6-19/h2-15H,16H2,1H3,(H,24,26)/b14-10+. The summed E-state index contributed by atoms with van der Waals surface area (Å²) < 4.78 is 5.73. The second-order valence-electron chi connectivity index (χ2n) is 6.44. The van der Waals surface area contributed by atoms with Crippen molar-refractivity contribution < 1.29 is 14.5 Å². The fourth-order valence-corrected chi connectivity index (χ4v) is 2.66. The molecule has 0 aliphatic heterocycles. The van der Waals surface area contributed by atoms with Crippen LogP contribution in [0, 0.1) is 17.0 Å². The van der Waals surface area contributed by atoms with Crippen LogP contribution in [0.15, 0.2) is 78.9 Å². The van der Waals surface area contributed by atoms with E-state index >= 15 is 0 Å². The SMILES string of the molecule is Cc1ccc(NC(=O)/C=C/c2ccc(OCc3ccccc3)cc2)c([N+](=O)[O-])c1. The average Bonchev–Trinajstić information content (AvgIpc) is 2.73. The lowest BCUT2D eigenvalue weighted by atomic mass is 10.2. The van der Waals surface area contributed by atoms with E-state index in [0.29, 0.717) is 6.61 Å². The third kappa shape index (κ3) is 5.77. The van der Waals surface area contributed by atoms with Gasteiger partial charge in [0, 0.05) is 12.1 Å². The van der Waals surface area contributed by atoms with Crippen molar-refractivity contribution in [3.8, 4) is 5.75 Å². The van der Waals surface area contributed by atoms with Gasteiger partial charge in [-0.05, 0) is 47.9 Å². The van der Waals surface area contributed by atoms with Gasteiger partial charge in [-0.2, -0.15) is 0 Å². The summed E-state index contributed by atoms with van der Waals surface area (Å²) in [5.74, 6) is 0.284. The van der Waals surface area contributed by atoms with Crippen molar-refractivity contribution in [3.63, 3.8) is 0 Å². The van der Waals surface area contributed by atoms with E-state index in [1.54, 1.807) is 19.1 Å². The van der Waals surface area contributed by atoms with Gasteiger partial charge >= 0.3 is 0 Å². The lowest BCUT2D eigenvalue weighted by Crippen LogP contribution is -2.09. The molecule has 0 unspecified atom stereocenters.